The molecule has 1 aliphatic carbocycles. The van der Waals surface area contributed by atoms with Crippen LogP contribution in [0.2, 0.25) is 0 Å². The minimum absolute atomic E-state index is 0.0910. The first-order chi connectivity index (χ1) is 15.9. The first-order valence-electron chi connectivity index (χ1n) is 11.2. The number of ether oxygens (including phenoxy) is 2. The number of pyridine rings is 1. The van der Waals surface area contributed by atoms with Crippen molar-refractivity contribution >= 4 is 33.3 Å². The van der Waals surface area contributed by atoms with Crippen molar-refractivity contribution in [3.05, 3.63) is 53.3 Å². The average Bonchev–Trinajstić information content (AvgIpc) is 3.26. The number of piperazine rings is 1. The minimum atomic E-state index is -3.21. The zero-order valence-corrected chi connectivity index (χ0v) is 19.4. The zero-order valence-electron chi connectivity index (χ0n) is 18.6. The topological polar surface area (TPSA) is 89.0 Å². The van der Waals surface area contributed by atoms with E-state index < -0.39 is 9.84 Å². The van der Waals surface area contributed by atoms with Crippen molar-refractivity contribution in [3.63, 3.8) is 0 Å². The molecule has 0 saturated carbocycles. The highest BCUT2D eigenvalue weighted by molar-refractivity contribution is 7.91. The summed E-state index contributed by atoms with van der Waals surface area (Å²) in [4.78, 5) is 21.3. The Balaban J connectivity index is 1.29. The number of aromatic nitrogens is 1. The molecule has 1 amide bonds. The largest absolute Gasteiger partial charge is 0.441 e. The van der Waals surface area contributed by atoms with Crippen molar-refractivity contribution in [2.45, 2.75) is 24.3 Å². The van der Waals surface area contributed by atoms with Crippen molar-refractivity contribution < 1.29 is 22.7 Å². The number of amides is 1. The fourth-order valence-corrected chi connectivity index (χ4v) is 5.23. The highest BCUT2D eigenvalue weighted by atomic mass is 32.2. The Morgan fingerprint density at radius 3 is 2.48 bits per heavy atom. The van der Waals surface area contributed by atoms with Crippen LogP contribution < -0.4 is 4.90 Å². The van der Waals surface area contributed by atoms with Gasteiger partial charge in [0.05, 0.1) is 29.6 Å². The molecule has 9 heteroatoms. The molecule has 2 aromatic rings. The maximum atomic E-state index is 12.3. The lowest BCUT2D eigenvalue weighted by Crippen LogP contribution is -2.51. The van der Waals surface area contributed by atoms with Crippen LogP contribution in [-0.2, 0) is 25.7 Å². The van der Waals surface area contributed by atoms with Crippen LogP contribution in [0.1, 0.15) is 23.7 Å². The molecule has 1 aromatic heterocycles. The number of benzene rings is 1. The maximum Gasteiger partial charge on any atom is 0.410 e. The number of sulfone groups is 1. The molecule has 3 heterocycles. The van der Waals surface area contributed by atoms with Crippen LogP contribution in [0.25, 0.3) is 11.6 Å². The Kier molecular flexibility index (Phi) is 5.84. The second-order valence-corrected chi connectivity index (χ2v) is 10.8. The van der Waals surface area contributed by atoms with Gasteiger partial charge in [-0.2, -0.15) is 0 Å². The Hall–Kier alpha value is -2.91. The van der Waals surface area contributed by atoms with E-state index in [1.54, 1.807) is 24.0 Å². The molecule has 0 bridgehead atoms. The van der Waals surface area contributed by atoms with E-state index in [-0.39, 0.29) is 18.0 Å². The fraction of sp³-hybridized carbons (Fsp3) is 0.417. The Labute approximate surface area is 193 Å². The van der Waals surface area contributed by atoms with Crippen molar-refractivity contribution in [1.82, 2.24) is 9.88 Å². The molecule has 0 radical (unpaired) electrons. The van der Waals surface area contributed by atoms with Crippen molar-refractivity contribution in [2.75, 3.05) is 50.0 Å². The van der Waals surface area contributed by atoms with Crippen molar-refractivity contribution in [3.8, 4) is 0 Å². The van der Waals surface area contributed by atoms with Gasteiger partial charge in [-0.05, 0) is 35.4 Å². The van der Waals surface area contributed by atoms with Crippen LogP contribution in [0.3, 0.4) is 0 Å². The summed E-state index contributed by atoms with van der Waals surface area (Å²) in [7, 11) is -3.21. The maximum absolute atomic E-state index is 12.3. The molecule has 174 valence electrons. The zero-order chi connectivity index (χ0) is 23.0. The molecule has 3 aliphatic rings. The third kappa shape index (κ3) is 4.35. The average molecular weight is 470 g/mol. The molecule has 8 nitrogen and oxygen atoms in total. The van der Waals surface area contributed by atoms with E-state index in [1.807, 2.05) is 24.4 Å². The third-order valence-corrected chi connectivity index (χ3v) is 8.19. The van der Waals surface area contributed by atoms with Crippen LogP contribution in [0, 0.1) is 0 Å². The molecule has 2 fully saturated rings. The van der Waals surface area contributed by atoms with Crippen LogP contribution in [-0.4, -0.2) is 75.6 Å². The first-order valence-corrected chi connectivity index (χ1v) is 12.9. The Morgan fingerprint density at radius 2 is 1.85 bits per heavy atom. The van der Waals surface area contributed by atoms with Gasteiger partial charge in [0.1, 0.15) is 0 Å². The molecule has 5 rings (SSSR count). The number of carbonyl (C=O) groups is 1. The van der Waals surface area contributed by atoms with Gasteiger partial charge in [0.15, 0.2) is 15.9 Å². The van der Waals surface area contributed by atoms with E-state index >= 15 is 0 Å². The van der Waals surface area contributed by atoms with Crippen LogP contribution in [0.15, 0.2) is 41.4 Å². The van der Waals surface area contributed by atoms with Gasteiger partial charge in [0, 0.05) is 50.0 Å². The standard InChI is InChI=1S/C24H27N3O5S/c1-2-33(29,30)20-5-3-17(4-6-20)18-13-21-22(14-18)25-8-7-23(21)26-9-11-27(12-10-26)24(28)32-19-15-31-16-19/h3-8,13,19H,2,9-12,14-16H2,1H3. The number of carbonyl (C=O) groups excluding carboxylic acids is 1. The molecular weight excluding hydrogens is 442 g/mol. The second kappa shape index (κ2) is 8.79. The summed E-state index contributed by atoms with van der Waals surface area (Å²) in [6, 6.07) is 9.13. The van der Waals surface area contributed by atoms with Crippen LogP contribution >= 0.6 is 0 Å². The number of hydrogen-bond donors (Lipinski definition) is 0. The number of allylic oxidation sites excluding steroid dienone is 1. The lowest BCUT2D eigenvalue weighted by Gasteiger charge is -2.37. The van der Waals surface area contributed by atoms with E-state index in [0.717, 1.165) is 41.2 Å². The van der Waals surface area contributed by atoms with Crippen molar-refractivity contribution in [2.24, 2.45) is 0 Å². The van der Waals surface area contributed by atoms with Crippen LogP contribution in [0.4, 0.5) is 10.5 Å². The number of rotatable bonds is 5. The molecule has 1 aromatic carbocycles. The molecule has 33 heavy (non-hydrogen) atoms. The highest BCUT2D eigenvalue weighted by Crippen LogP contribution is 2.36. The van der Waals surface area contributed by atoms with E-state index in [0.29, 0.717) is 37.6 Å². The Morgan fingerprint density at radius 1 is 1.12 bits per heavy atom. The van der Waals surface area contributed by atoms with Gasteiger partial charge in [-0.15, -0.1) is 0 Å². The number of fused-ring (bicyclic) bond motifs is 1. The molecular formula is C24H27N3O5S. The predicted octanol–water partition coefficient (Wildman–Crippen LogP) is 2.63. The van der Waals surface area contributed by atoms with E-state index in [9.17, 15) is 13.2 Å². The summed E-state index contributed by atoms with van der Waals surface area (Å²) in [6.45, 7) is 5.28. The molecule has 0 unspecified atom stereocenters. The summed E-state index contributed by atoms with van der Waals surface area (Å²) in [5.41, 5.74) is 5.34. The van der Waals surface area contributed by atoms with Crippen molar-refractivity contribution in [1.29, 1.82) is 0 Å². The van der Waals surface area contributed by atoms with E-state index in [2.05, 4.69) is 16.0 Å². The second-order valence-electron chi connectivity index (χ2n) is 8.48. The summed E-state index contributed by atoms with van der Waals surface area (Å²) in [6.07, 6.45) is 4.31. The normalized spacial score (nSPS) is 18.5. The highest BCUT2D eigenvalue weighted by Gasteiger charge is 2.29. The van der Waals surface area contributed by atoms with Crippen LogP contribution in [0.5, 0.6) is 0 Å². The molecule has 2 saturated heterocycles. The van der Waals surface area contributed by atoms with Gasteiger partial charge in [0.25, 0.3) is 0 Å². The van der Waals surface area contributed by atoms with Gasteiger partial charge in [-0.3, -0.25) is 4.98 Å². The summed E-state index contributed by atoms with van der Waals surface area (Å²) in [5.74, 6) is 0.0910. The fourth-order valence-electron chi connectivity index (χ4n) is 4.34. The molecule has 0 atom stereocenters. The quantitative estimate of drug-likeness (QED) is 0.665. The summed E-state index contributed by atoms with van der Waals surface area (Å²) >= 11 is 0. The Bertz CT molecular complexity index is 1180. The lowest BCUT2D eigenvalue weighted by molar-refractivity contribution is -0.104. The SMILES string of the molecule is CCS(=O)(=O)c1ccc(C2=Cc3c(N4CCN(C(=O)OC5COC5)CC4)ccnc3C2)cc1. The first kappa shape index (κ1) is 21.9. The summed E-state index contributed by atoms with van der Waals surface area (Å²) < 4.78 is 34.7. The van der Waals surface area contributed by atoms with Gasteiger partial charge in [-0.1, -0.05) is 19.1 Å². The van der Waals surface area contributed by atoms with Gasteiger partial charge >= 0.3 is 6.09 Å². The van der Waals surface area contributed by atoms with Gasteiger partial charge < -0.3 is 19.3 Å². The number of nitrogens with zero attached hydrogens (tertiary/aromatic N) is 3. The monoisotopic (exact) mass is 469 g/mol. The lowest BCUT2D eigenvalue weighted by atomic mass is 10.1. The smallest absolute Gasteiger partial charge is 0.410 e. The molecule has 0 spiro atoms. The van der Waals surface area contributed by atoms with E-state index in [4.69, 9.17) is 9.47 Å². The third-order valence-electron chi connectivity index (χ3n) is 6.44. The minimum Gasteiger partial charge on any atom is -0.441 e. The predicted molar refractivity (Wildman–Crippen MR) is 125 cm³/mol. The molecule has 0 N–H and O–H groups in total. The van der Waals surface area contributed by atoms with Gasteiger partial charge in [-0.25, -0.2) is 13.2 Å². The van der Waals surface area contributed by atoms with Gasteiger partial charge in [0.2, 0.25) is 0 Å². The van der Waals surface area contributed by atoms with E-state index in [1.165, 1.54) is 0 Å². The summed E-state index contributed by atoms with van der Waals surface area (Å²) in [5, 5.41) is 0. The number of anilines is 1. The molecule has 2 aliphatic heterocycles. The number of hydrogen-bond acceptors (Lipinski definition) is 7.